The van der Waals surface area contributed by atoms with Gasteiger partial charge in [-0.1, -0.05) is 18.2 Å². The van der Waals surface area contributed by atoms with Crippen LogP contribution in [0.15, 0.2) is 30.3 Å². The number of nitrogens with one attached hydrogen (secondary N) is 2. The van der Waals surface area contributed by atoms with Crippen LogP contribution in [0.2, 0.25) is 0 Å². The number of amides is 2. The van der Waals surface area contributed by atoms with Crippen molar-refractivity contribution in [3.63, 3.8) is 0 Å². The van der Waals surface area contributed by atoms with Crippen LogP contribution in [0.1, 0.15) is 13.8 Å². The van der Waals surface area contributed by atoms with Gasteiger partial charge in [0.15, 0.2) is 0 Å². The van der Waals surface area contributed by atoms with E-state index in [2.05, 4.69) is 10.6 Å². The van der Waals surface area contributed by atoms with Gasteiger partial charge >= 0.3 is 0 Å². The summed E-state index contributed by atoms with van der Waals surface area (Å²) in [5, 5.41) is 5.31. The molecule has 0 spiro atoms. The lowest BCUT2D eigenvalue weighted by Crippen LogP contribution is -2.43. The molecule has 6 heteroatoms. The number of para-hydroxylation sites is 1. The van der Waals surface area contributed by atoms with Crippen molar-refractivity contribution in [2.24, 2.45) is 0 Å². The summed E-state index contributed by atoms with van der Waals surface area (Å²) in [4.78, 5) is 25.0. The molecule has 1 rings (SSSR count). The number of rotatable bonds is 9. The molecule has 0 fully saturated rings. The van der Waals surface area contributed by atoms with Crippen molar-refractivity contribution in [1.29, 1.82) is 0 Å². The molecule has 6 nitrogen and oxygen atoms in total. The maximum Gasteiger partial charge on any atom is 0.239 e. The zero-order valence-corrected chi connectivity index (χ0v) is 13.5. The van der Waals surface area contributed by atoms with Gasteiger partial charge in [0.2, 0.25) is 11.8 Å². The molecule has 1 aromatic carbocycles. The summed E-state index contributed by atoms with van der Waals surface area (Å²) in [6, 6.07) is 9.60. The Morgan fingerprint density at radius 2 is 1.86 bits per heavy atom. The van der Waals surface area contributed by atoms with Crippen LogP contribution < -0.4 is 15.4 Å². The number of hydrogen-bond donors (Lipinski definition) is 2. The number of carbonyl (C=O) groups excluding carboxylic acids is 2. The molecule has 2 N–H and O–H groups in total. The van der Waals surface area contributed by atoms with E-state index in [1.165, 1.54) is 0 Å². The van der Waals surface area contributed by atoms with Gasteiger partial charge in [0.25, 0.3) is 0 Å². The second kappa shape index (κ2) is 9.78. The number of carbonyl (C=O) groups is 2. The topological polar surface area (TPSA) is 70.7 Å². The third-order valence-corrected chi connectivity index (χ3v) is 2.79. The molecule has 0 saturated carbocycles. The van der Waals surface area contributed by atoms with E-state index in [4.69, 9.17) is 4.74 Å². The smallest absolute Gasteiger partial charge is 0.239 e. The molecule has 0 radical (unpaired) electrons. The van der Waals surface area contributed by atoms with Gasteiger partial charge in [-0.2, -0.15) is 0 Å². The number of likely N-dealkylation sites (N-methyl/N-ethyl adjacent to an activating group) is 1. The van der Waals surface area contributed by atoms with Gasteiger partial charge in [-0.25, -0.2) is 0 Å². The monoisotopic (exact) mass is 307 g/mol. The normalized spacial score (nSPS) is 10.6. The largest absolute Gasteiger partial charge is 0.492 e. The summed E-state index contributed by atoms with van der Waals surface area (Å²) in [7, 11) is 1.84. The van der Waals surface area contributed by atoms with E-state index >= 15 is 0 Å². The van der Waals surface area contributed by atoms with E-state index in [1.807, 2.05) is 56.1 Å². The van der Waals surface area contributed by atoms with E-state index in [0.29, 0.717) is 13.2 Å². The van der Waals surface area contributed by atoms with Crippen molar-refractivity contribution in [2.75, 3.05) is 33.3 Å². The molecule has 0 aromatic heterocycles. The molecular formula is C16H25N3O3. The van der Waals surface area contributed by atoms with Crippen LogP contribution in [0.25, 0.3) is 0 Å². The summed E-state index contributed by atoms with van der Waals surface area (Å²) >= 11 is 0. The Morgan fingerprint density at radius 1 is 1.18 bits per heavy atom. The average Bonchev–Trinajstić information content (AvgIpc) is 2.45. The van der Waals surface area contributed by atoms with Gasteiger partial charge in [0.1, 0.15) is 12.4 Å². The molecule has 0 aliphatic carbocycles. The first kappa shape index (κ1) is 18.0. The lowest BCUT2D eigenvalue weighted by Gasteiger charge is -2.16. The van der Waals surface area contributed by atoms with Gasteiger partial charge in [-0.05, 0) is 33.0 Å². The second-order valence-electron chi connectivity index (χ2n) is 5.40. The van der Waals surface area contributed by atoms with Gasteiger partial charge in [0.05, 0.1) is 13.1 Å². The van der Waals surface area contributed by atoms with E-state index in [9.17, 15) is 9.59 Å². The van der Waals surface area contributed by atoms with Crippen molar-refractivity contribution < 1.29 is 14.3 Å². The Hall–Kier alpha value is -2.08. The van der Waals surface area contributed by atoms with Crippen molar-refractivity contribution in [3.05, 3.63) is 30.3 Å². The number of nitrogens with zero attached hydrogens (tertiary/aromatic N) is 1. The second-order valence-corrected chi connectivity index (χ2v) is 5.40. The van der Waals surface area contributed by atoms with E-state index in [-0.39, 0.29) is 30.9 Å². The molecule has 22 heavy (non-hydrogen) atoms. The van der Waals surface area contributed by atoms with Crippen molar-refractivity contribution in [1.82, 2.24) is 15.5 Å². The van der Waals surface area contributed by atoms with Gasteiger partial charge in [0, 0.05) is 12.6 Å². The first-order chi connectivity index (χ1) is 10.5. The molecule has 0 heterocycles. The summed E-state index contributed by atoms with van der Waals surface area (Å²) in [5.41, 5.74) is 0. The maximum atomic E-state index is 11.7. The van der Waals surface area contributed by atoms with E-state index < -0.39 is 0 Å². The number of ether oxygens (including phenoxy) is 1. The zero-order chi connectivity index (χ0) is 16.4. The van der Waals surface area contributed by atoms with Gasteiger partial charge in [-0.15, -0.1) is 0 Å². The van der Waals surface area contributed by atoms with Crippen LogP contribution in [0.4, 0.5) is 0 Å². The fraction of sp³-hybridized carbons (Fsp3) is 0.500. The third-order valence-electron chi connectivity index (χ3n) is 2.79. The fourth-order valence-electron chi connectivity index (χ4n) is 1.77. The highest BCUT2D eigenvalue weighted by Gasteiger charge is 2.09. The molecule has 2 amide bonds. The minimum absolute atomic E-state index is 0.00533. The Balaban J connectivity index is 2.14. The van der Waals surface area contributed by atoms with Gasteiger partial charge in [-0.3, -0.25) is 14.5 Å². The maximum absolute atomic E-state index is 11.7. The average molecular weight is 307 g/mol. The molecule has 0 aliphatic rings. The molecule has 0 aliphatic heterocycles. The van der Waals surface area contributed by atoms with Crippen LogP contribution in [0, 0.1) is 0 Å². The first-order valence-electron chi connectivity index (χ1n) is 7.40. The SMILES string of the molecule is CC(C)NC(=O)CNC(=O)CN(C)CCOc1ccccc1. The Morgan fingerprint density at radius 3 is 2.50 bits per heavy atom. The Bertz CT molecular complexity index is 463. The van der Waals surface area contributed by atoms with Crippen LogP contribution >= 0.6 is 0 Å². The highest BCUT2D eigenvalue weighted by atomic mass is 16.5. The minimum Gasteiger partial charge on any atom is -0.492 e. The van der Waals surface area contributed by atoms with Crippen molar-refractivity contribution in [2.45, 2.75) is 19.9 Å². The third kappa shape index (κ3) is 8.26. The molecule has 0 bridgehead atoms. The number of hydrogen-bond acceptors (Lipinski definition) is 4. The fourth-order valence-corrected chi connectivity index (χ4v) is 1.77. The lowest BCUT2D eigenvalue weighted by molar-refractivity contribution is -0.126. The molecule has 0 unspecified atom stereocenters. The van der Waals surface area contributed by atoms with E-state index in [0.717, 1.165) is 5.75 Å². The summed E-state index contributed by atoms with van der Waals surface area (Å²) < 4.78 is 5.56. The number of benzene rings is 1. The van der Waals surface area contributed by atoms with Crippen molar-refractivity contribution >= 4 is 11.8 Å². The minimum atomic E-state index is -0.182. The zero-order valence-electron chi connectivity index (χ0n) is 13.5. The van der Waals surface area contributed by atoms with Crippen molar-refractivity contribution in [3.8, 4) is 5.75 Å². The van der Waals surface area contributed by atoms with Crippen LogP contribution in [-0.4, -0.2) is 56.0 Å². The molecular weight excluding hydrogens is 282 g/mol. The summed E-state index contributed by atoms with van der Waals surface area (Å²) in [5.74, 6) is 0.449. The molecule has 0 atom stereocenters. The molecule has 1 aromatic rings. The molecule has 0 saturated heterocycles. The quantitative estimate of drug-likeness (QED) is 0.702. The predicted octanol–water partition coefficient (Wildman–Crippen LogP) is 0.638. The van der Waals surface area contributed by atoms with E-state index in [1.54, 1.807) is 0 Å². The Labute approximate surface area is 131 Å². The highest BCUT2D eigenvalue weighted by Crippen LogP contribution is 2.07. The van der Waals surface area contributed by atoms with Crippen LogP contribution in [0.3, 0.4) is 0 Å². The Kier molecular flexibility index (Phi) is 7.99. The lowest BCUT2D eigenvalue weighted by atomic mass is 10.3. The first-order valence-corrected chi connectivity index (χ1v) is 7.40. The standard InChI is InChI=1S/C16H25N3O3/c1-13(2)18-15(20)11-17-16(21)12-19(3)9-10-22-14-7-5-4-6-8-14/h4-8,13H,9-12H2,1-3H3,(H,17,21)(H,18,20). The molecule has 122 valence electrons. The summed E-state index contributed by atoms with van der Waals surface area (Å²) in [6.07, 6.45) is 0. The van der Waals surface area contributed by atoms with Gasteiger partial charge < -0.3 is 15.4 Å². The van der Waals surface area contributed by atoms with Crippen LogP contribution in [-0.2, 0) is 9.59 Å². The van der Waals surface area contributed by atoms with Crippen LogP contribution in [0.5, 0.6) is 5.75 Å². The highest BCUT2D eigenvalue weighted by molar-refractivity contribution is 5.85. The predicted molar refractivity (Wildman–Crippen MR) is 85.7 cm³/mol. The summed E-state index contributed by atoms with van der Waals surface area (Å²) in [6.45, 7) is 5.11.